The number of aryl methyl sites for hydroxylation is 1. The number of nitrogens with one attached hydrogen (secondary N) is 2. The number of unbranched alkanes of at least 4 members (excludes halogenated alkanes) is 3. The van der Waals surface area contributed by atoms with Crippen molar-refractivity contribution >= 4 is 58.2 Å². The summed E-state index contributed by atoms with van der Waals surface area (Å²) in [5, 5.41) is 5.83. The van der Waals surface area contributed by atoms with Gasteiger partial charge in [-0.3, -0.25) is 38.5 Å². The topological polar surface area (TPSA) is 235 Å². The van der Waals surface area contributed by atoms with Gasteiger partial charge < -0.3 is 35.4 Å². The maximum Gasteiger partial charge on any atom is 0.329 e. The number of carbonyl (C=O) groups excluding carboxylic acids is 4. The summed E-state index contributed by atoms with van der Waals surface area (Å²) in [6, 6.07) is 4.89. The smallest absolute Gasteiger partial charge is 0.329 e. The monoisotopic (exact) mass is 917 g/mol. The predicted molar refractivity (Wildman–Crippen MR) is 240 cm³/mol. The number of para-hydroxylation sites is 1. The van der Waals surface area contributed by atoms with Gasteiger partial charge in [0.2, 0.25) is 41.5 Å². The Balaban J connectivity index is 0.737. The molecule has 7 heterocycles. The van der Waals surface area contributed by atoms with E-state index in [4.69, 9.17) is 15.5 Å². The molecule has 1 unspecified atom stereocenters. The Morgan fingerprint density at radius 3 is 2.17 bits per heavy atom. The summed E-state index contributed by atoms with van der Waals surface area (Å²) in [4.78, 5) is 95.1. The number of nitrogens with two attached hydrogens (primary N) is 1. The molecule has 354 valence electrons. The minimum absolute atomic E-state index is 0.00116. The second-order valence-corrected chi connectivity index (χ2v) is 17.0. The van der Waals surface area contributed by atoms with Crippen LogP contribution in [-0.4, -0.2) is 164 Å². The molecule has 0 bridgehead atoms. The average Bonchev–Trinajstić information content (AvgIpc) is 3.59. The van der Waals surface area contributed by atoms with Crippen LogP contribution in [0.1, 0.15) is 69.5 Å². The van der Waals surface area contributed by atoms with E-state index in [1.807, 2.05) is 32.9 Å². The van der Waals surface area contributed by atoms with Crippen molar-refractivity contribution in [3.05, 3.63) is 40.6 Å². The summed E-state index contributed by atoms with van der Waals surface area (Å²) in [6.45, 7) is 8.00. The van der Waals surface area contributed by atoms with Crippen molar-refractivity contribution in [1.82, 2.24) is 54.1 Å². The zero-order valence-electron chi connectivity index (χ0n) is 37.2. The van der Waals surface area contributed by atoms with Gasteiger partial charge in [0.1, 0.15) is 11.7 Å². The van der Waals surface area contributed by atoms with Crippen LogP contribution in [0, 0.1) is 0 Å². The Morgan fingerprint density at radius 2 is 1.50 bits per heavy atom. The van der Waals surface area contributed by atoms with Gasteiger partial charge in [0, 0.05) is 104 Å². The van der Waals surface area contributed by atoms with Crippen molar-refractivity contribution in [3.8, 4) is 11.4 Å². The third kappa shape index (κ3) is 10.5. The molecule has 1 aromatic carbocycles. The van der Waals surface area contributed by atoms with Crippen LogP contribution in [0.5, 0.6) is 0 Å². The Labute approximate surface area is 379 Å². The van der Waals surface area contributed by atoms with Crippen LogP contribution in [-0.2, 0) is 31.0 Å². The standard InChI is InChI=1S/C43H57F2N15O6/c1-54-36-29(7-6-8-30(36)60(43(54)65)31-9-10-32(61)49-39(31)64)47-13-4-2-3-5-14-55-15-17-56(18-16-55)33(62)11-12-34(63)57-19-21-58(22-20-57)41-51-38(28-27-48-40(46)50-35(28)37(44)45)52-42(53-41)59-23-25-66-26-24-59/h6-8,27,31,37,47H,2-5,9-26H2,1H3,(H2,46,48,50)(H,49,61,64). The van der Waals surface area contributed by atoms with Gasteiger partial charge in [-0.15, -0.1) is 0 Å². The highest BCUT2D eigenvalue weighted by Gasteiger charge is 2.32. The first-order valence-electron chi connectivity index (χ1n) is 22.7. The zero-order chi connectivity index (χ0) is 46.3. The van der Waals surface area contributed by atoms with E-state index in [1.54, 1.807) is 16.5 Å². The lowest BCUT2D eigenvalue weighted by atomic mass is 10.1. The Kier molecular flexibility index (Phi) is 14.6. The Hall–Kier alpha value is -6.36. The van der Waals surface area contributed by atoms with Gasteiger partial charge in [0.15, 0.2) is 5.82 Å². The van der Waals surface area contributed by atoms with Gasteiger partial charge in [0.25, 0.3) is 6.43 Å². The normalized spacial score (nSPS) is 18.6. The number of morpholine rings is 1. The Morgan fingerprint density at radius 1 is 0.848 bits per heavy atom. The van der Waals surface area contributed by atoms with E-state index in [-0.39, 0.29) is 72.4 Å². The molecule has 4 aliphatic rings. The highest BCUT2D eigenvalue weighted by atomic mass is 19.3. The van der Waals surface area contributed by atoms with Crippen molar-refractivity contribution < 1.29 is 32.7 Å². The third-order valence-electron chi connectivity index (χ3n) is 12.7. The molecular weight excluding hydrogens is 861 g/mol. The number of piperazine rings is 2. The van der Waals surface area contributed by atoms with Crippen LogP contribution in [0.4, 0.5) is 32.3 Å². The van der Waals surface area contributed by atoms with E-state index in [0.717, 1.165) is 63.1 Å². The maximum atomic E-state index is 14.0. The summed E-state index contributed by atoms with van der Waals surface area (Å²) in [5.74, 6) is -0.580. The molecule has 8 rings (SSSR count). The van der Waals surface area contributed by atoms with Gasteiger partial charge >= 0.3 is 5.69 Å². The number of rotatable bonds is 16. The van der Waals surface area contributed by atoms with E-state index < -0.39 is 24.1 Å². The maximum absolute atomic E-state index is 14.0. The SMILES string of the molecule is Cn1c(=O)n(C2CCC(=O)NC2=O)c2cccc(NCCCCCCN3CCN(C(=O)CCC(=O)N4CCN(c5nc(-c6cnc(N)nc6C(F)F)nc(N6CCOCC6)n5)CC4)CC3)c21. The molecule has 21 nitrogen and oxygen atoms in total. The molecule has 0 radical (unpaired) electrons. The molecule has 4 aliphatic heterocycles. The molecule has 4 N–H and O–H groups in total. The lowest BCUT2D eigenvalue weighted by Crippen LogP contribution is -2.50. The van der Waals surface area contributed by atoms with Gasteiger partial charge in [0.05, 0.1) is 35.5 Å². The van der Waals surface area contributed by atoms with E-state index in [2.05, 4.69) is 35.5 Å². The number of piperidine rings is 1. The Bertz CT molecular complexity index is 2460. The minimum atomic E-state index is -2.93. The number of ether oxygens (including phenoxy) is 1. The molecule has 66 heavy (non-hydrogen) atoms. The fourth-order valence-electron chi connectivity index (χ4n) is 9.02. The highest BCUT2D eigenvalue weighted by Crippen LogP contribution is 2.31. The number of imidazole rings is 1. The number of nitrogens with zero attached hydrogens (tertiary/aromatic N) is 12. The molecule has 3 aromatic heterocycles. The van der Waals surface area contributed by atoms with Crippen LogP contribution in [0.3, 0.4) is 0 Å². The number of benzene rings is 1. The van der Waals surface area contributed by atoms with Crippen LogP contribution < -0.4 is 31.9 Å². The average molecular weight is 918 g/mol. The van der Waals surface area contributed by atoms with Gasteiger partial charge in [-0.25, -0.2) is 23.5 Å². The largest absolute Gasteiger partial charge is 0.383 e. The van der Waals surface area contributed by atoms with E-state index in [0.29, 0.717) is 77.0 Å². The lowest BCUT2D eigenvalue weighted by Gasteiger charge is -2.36. The first kappa shape index (κ1) is 46.2. The quantitative estimate of drug-likeness (QED) is 0.107. The minimum Gasteiger partial charge on any atom is -0.383 e. The fourth-order valence-corrected chi connectivity index (χ4v) is 9.02. The second-order valence-electron chi connectivity index (χ2n) is 17.0. The van der Waals surface area contributed by atoms with Crippen molar-refractivity contribution in [3.63, 3.8) is 0 Å². The van der Waals surface area contributed by atoms with E-state index in [9.17, 15) is 32.8 Å². The van der Waals surface area contributed by atoms with E-state index >= 15 is 0 Å². The predicted octanol–water partition coefficient (Wildman–Crippen LogP) is 1.56. The first-order valence-corrected chi connectivity index (χ1v) is 22.7. The molecule has 0 spiro atoms. The molecule has 4 aromatic rings. The molecule has 23 heteroatoms. The molecule has 0 aliphatic carbocycles. The first-order chi connectivity index (χ1) is 31.9. The fraction of sp³-hybridized carbons (Fsp3) is 0.581. The summed E-state index contributed by atoms with van der Waals surface area (Å²) >= 11 is 0. The third-order valence-corrected chi connectivity index (χ3v) is 12.7. The molecule has 4 amide bonds. The summed E-state index contributed by atoms with van der Waals surface area (Å²) in [6.07, 6.45) is 3.05. The number of fused-ring (bicyclic) bond motifs is 1. The number of hydrogen-bond donors (Lipinski definition) is 3. The summed E-state index contributed by atoms with van der Waals surface area (Å²) in [5.41, 5.74) is 6.91. The molecule has 4 fully saturated rings. The summed E-state index contributed by atoms with van der Waals surface area (Å²) in [7, 11) is 1.69. The number of anilines is 4. The van der Waals surface area contributed by atoms with Crippen molar-refractivity contribution in [2.45, 2.75) is 63.8 Å². The van der Waals surface area contributed by atoms with Crippen molar-refractivity contribution in [2.75, 3.05) is 113 Å². The van der Waals surface area contributed by atoms with Gasteiger partial charge in [-0.1, -0.05) is 18.9 Å². The van der Waals surface area contributed by atoms with E-state index in [1.165, 1.54) is 10.8 Å². The molecule has 0 saturated carbocycles. The number of aromatic nitrogens is 7. The molecule has 4 saturated heterocycles. The number of hydrogen-bond acceptors (Lipinski definition) is 16. The molecular formula is C43H57F2N15O6. The van der Waals surface area contributed by atoms with Crippen molar-refractivity contribution in [1.29, 1.82) is 0 Å². The van der Waals surface area contributed by atoms with Crippen molar-refractivity contribution in [2.24, 2.45) is 7.05 Å². The number of halogens is 2. The van der Waals surface area contributed by atoms with Crippen LogP contribution >= 0.6 is 0 Å². The number of imide groups is 1. The highest BCUT2D eigenvalue weighted by molar-refractivity contribution is 6.00. The number of nitrogen functional groups attached to an aromatic ring is 1. The second kappa shape index (κ2) is 20.9. The summed E-state index contributed by atoms with van der Waals surface area (Å²) < 4.78 is 36.6. The van der Waals surface area contributed by atoms with Crippen LogP contribution in [0.25, 0.3) is 22.4 Å². The number of alkyl halides is 2. The number of amides is 4. The van der Waals surface area contributed by atoms with Gasteiger partial charge in [-0.2, -0.15) is 15.0 Å². The van der Waals surface area contributed by atoms with Gasteiger partial charge in [-0.05, 0) is 37.9 Å². The van der Waals surface area contributed by atoms with Crippen LogP contribution in [0.15, 0.2) is 29.2 Å². The lowest BCUT2D eigenvalue weighted by molar-refractivity contribution is -0.138. The van der Waals surface area contributed by atoms with Crippen LogP contribution in [0.2, 0.25) is 0 Å². The molecule has 1 atom stereocenters. The number of carbonyl (C=O) groups is 4. The zero-order valence-corrected chi connectivity index (χ0v) is 37.2.